The highest BCUT2D eigenvalue weighted by molar-refractivity contribution is 5.55. The van der Waals surface area contributed by atoms with E-state index in [2.05, 4.69) is 50.3 Å². The van der Waals surface area contributed by atoms with E-state index in [1.54, 1.807) is 24.3 Å². The van der Waals surface area contributed by atoms with Crippen LogP contribution < -0.4 is 0 Å². The molecule has 2 nitrogen and oxygen atoms in total. The molecule has 0 bridgehead atoms. The Balaban J connectivity index is 1.83. The van der Waals surface area contributed by atoms with Gasteiger partial charge >= 0.3 is 0 Å². The Hall–Kier alpha value is -4.30. The quantitative estimate of drug-likeness (QED) is 0.335. The van der Waals surface area contributed by atoms with Crippen LogP contribution in [0.5, 0.6) is 11.5 Å². The molecule has 0 aliphatic heterocycles. The molecule has 2 N–H and O–H groups in total. The van der Waals surface area contributed by atoms with E-state index in [4.69, 9.17) is 0 Å². The van der Waals surface area contributed by atoms with Crippen molar-refractivity contribution in [2.24, 2.45) is 0 Å². The standard InChI is InChI=1S/C34H36O2/c1-27(13-7-15-29(3)21-23-31-17-9-19-33(35)25-31)11-5-6-12-28(2)14-8-16-30(4)22-24-32-18-10-20-34(36)26-32/h5-26,35-36H,1-4H3. The number of rotatable bonds is 10. The van der Waals surface area contributed by atoms with Crippen molar-refractivity contribution in [3.63, 3.8) is 0 Å². The van der Waals surface area contributed by atoms with Crippen LogP contribution in [0.4, 0.5) is 0 Å². The third-order valence-corrected chi connectivity index (χ3v) is 5.08. The number of hydrogen-bond acceptors (Lipinski definition) is 2. The molecule has 0 aliphatic rings. The molecule has 0 radical (unpaired) electrons. The molecule has 2 heteroatoms. The lowest BCUT2D eigenvalue weighted by molar-refractivity contribution is 0.474. The molecule has 0 heterocycles. The highest BCUT2D eigenvalue weighted by Gasteiger charge is 1.90. The van der Waals surface area contributed by atoms with Crippen molar-refractivity contribution < 1.29 is 10.2 Å². The predicted molar refractivity (Wildman–Crippen MR) is 157 cm³/mol. The molecule has 2 aromatic rings. The van der Waals surface area contributed by atoms with Gasteiger partial charge in [0.05, 0.1) is 0 Å². The number of phenols is 2. The molecule has 0 aliphatic carbocycles. The Kier molecular flexibility index (Phi) is 12.1. The molecule has 184 valence electrons. The summed E-state index contributed by atoms with van der Waals surface area (Å²) in [5.41, 5.74) is 6.51. The lowest BCUT2D eigenvalue weighted by atomic mass is 10.1. The lowest BCUT2D eigenvalue weighted by Crippen LogP contribution is -1.72. The van der Waals surface area contributed by atoms with Gasteiger partial charge in [-0.2, -0.15) is 0 Å². The second kappa shape index (κ2) is 15.6. The molecule has 0 saturated heterocycles. The van der Waals surface area contributed by atoms with Crippen molar-refractivity contribution >= 4 is 12.2 Å². The first-order valence-electron chi connectivity index (χ1n) is 12.0. The molecule has 0 spiro atoms. The lowest BCUT2D eigenvalue weighted by Gasteiger charge is -1.95. The molecule has 0 unspecified atom stereocenters. The van der Waals surface area contributed by atoms with Crippen LogP contribution in [0.1, 0.15) is 38.8 Å². The molecule has 0 atom stereocenters. The number of benzene rings is 2. The van der Waals surface area contributed by atoms with Crippen LogP contribution in [-0.4, -0.2) is 10.2 Å². The molecular weight excluding hydrogens is 440 g/mol. The van der Waals surface area contributed by atoms with Crippen LogP contribution in [0.25, 0.3) is 12.2 Å². The van der Waals surface area contributed by atoms with Crippen LogP contribution in [0.2, 0.25) is 0 Å². The summed E-state index contributed by atoms with van der Waals surface area (Å²) in [7, 11) is 0. The fraction of sp³-hybridized carbons (Fsp3) is 0.118. The fourth-order valence-corrected chi connectivity index (χ4v) is 3.05. The second-order valence-electron chi connectivity index (χ2n) is 8.60. The zero-order valence-corrected chi connectivity index (χ0v) is 21.6. The van der Waals surface area contributed by atoms with Gasteiger partial charge in [-0.15, -0.1) is 0 Å². The summed E-state index contributed by atoms with van der Waals surface area (Å²) in [6, 6.07) is 14.4. The minimum Gasteiger partial charge on any atom is -0.508 e. The molecule has 0 fully saturated rings. The number of phenolic OH excluding ortho intramolecular Hbond substituents is 2. The van der Waals surface area contributed by atoms with Crippen molar-refractivity contribution in [3.05, 3.63) is 155 Å². The maximum Gasteiger partial charge on any atom is 0.116 e. The van der Waals surface area contributed by atoms with Crippen molar-refractivity contribution in [2.75, 3.05) is 0 Å². The number of allylic oxidation sites excluding steroid dienone is 16. The third kappa shape index (κ3) is 12.2. The summed E-state index contributed by atoms with van der Waals surface area (Å²) >= 11 is 0. The molecule has 0 amide bonds. The Bertz CT molecular complexity index is 1170. The summed E-state index contributed by atoms with van der Waals surface area (Å²) in [5, 5.41) is 19.1. The summed E-state index contributed by atoms with van der Waals surface area (Å²) in [4.78, 5) is 0. The molecule has 0 saturated carbocycles. The molecule has 0 aromatic heterocycles. The van der Waals surface area contributed by atoms with Crippen molar-refractivity contribution in [1.82, 2.24) is 0 Å². The maximum atomic E-state index is 9.53. The van der Waals surface area contributed by atoms with E-state index in [0.29, 0.717) is 0 Å². The minimum atomic E-state index is 0.274. The SMILES string of the molecule is CC(C=CC=C(C)C=Cc1cccc(O)c1)=CC=CC=C(C)C=CC=C(C)C=Cc1cccc(O)c1. The molecule has 36 heavy (non-hydrogen) atoms. The van der Waals surface area contributed by atoms with E-state index in [9.17, 15) is 10.2 Å². The van der Waals surface area contributed by atoms with E-state index in [-0.39, 0.29) is 11.5 Å². The van der Waals surface area contributed by atoms with Gasteiger partial charge in [0, 0.05) is 0 Å². The van der Waals surface area contributed by atoms with Crippen LogP contribution in [0, 0.1) is 0 Å². The highest BCUT2D eigenvalue weighted by Crippen LogP contribution is 2.14. The van der Waals surface area contributed by atoms with Gasteiger partial charge in [0.1, 0.15) is 11.5 Å². The smallest absolute Gasteiger partial charge is 0.116 e. The van der Waals surface area contributed by atoms with E-state index in [0.717, 1.165) is 33.4 Å². The van der Waals surface area contributed by atoms with Gasteiger partial charge in [-0.3, -0.25) is 0 Å². The zero-order valence-electron chi connectivity index (χ0n) is 21.6. The monoisotopic (exact) mass is 476 g/mol. The van der Waals surface area contributed by atoms with Gasteiger partial charge in [-0.25, -0.2) is 0 Å². The van der Waals surface area contributed by atoms with Gasteiger partial charge in [0.15, 0.2) is 0 Å². The van der Waals surface area contributed by atoms with Crippen molar-refractivity contribution in [3.8, 4) is 11.5 Å². The van der Waals surface area contributed by atoms with Gasteiger partial charge < -0.3 is 10.2 Å². The first-order chi connectivity index (χ1) is 17.3. The zero-order chi connectivity index (χ0) is 26.2. The average molecular weight is 477 g/mol. The largest absolute Gasteiger partial charge is 0.508 e. The Morgan fingerprint density at radius 1 is 0.500 bits per heavy atom. The van der Waals surface area contributed by atoms with E-state index in [1.165, 1.54) is 0 Å². The van der Waals surface area contributed by atoms with Crippen LogP contribution >= 0.6 is 0 Å². The third-order valence-electron chi connectivity index (χ3n) is 5.08. The van der Waals surface area contributed by atoms with Crippen LogP contribution in [0.15, 0.2) is 144 Å². The number of aromatic hydroxyl groups is 2. The first-order valence-corrected chi connectivity index (χ1v) is 12.0. The van der Waals surface area contributed by atoms with Gasteiger partial charge in [0.25, 0.3) is 0 Å². The maximum absolute atomic E-state index is 9.53. The highest BCUT2D eigenvalue weighted by atomic mass is 16.3. The minimum absolute atomic E-state index is 0.274. The van der Waals surface area contributed by atoms with Gasteiger partial charge in [-0.05, 0) is 63.1 Å². The van der Waals surface area contributed by atoms with Gasteiger partial charge in [0.2, 0.25) is 0 Å². The Labute approximate surface area is 216 Å². The van der Waals surface area contributed by atoms with Crippen LogP contribution in [-0.2, 0) is 0 Å². The predicted octanol–water partition coefficient (Wildman–Crippen LogP) is 9.28. The summed E-state index contributed by atoms with van der Waals surface area (Å²) in [6.07, 6.45) is 28.6. The summed E-state index contributed by atoms with van der Waals surface area (Å²) in [6.45, 7) is 8.24. The fourth-order valence-electron chi connectivity index (χ4n) is 3.05. The molecule has 2 rings (SSSR count). The number of hydrogen-bond donors (Lipinski definition) is 2. The molecule has 2 aromatic carbocycles. The normalized spacial score (nSPS) is 14.4. The first kappa shape index (κ1) is 27.9. The topological polar surface area (TPSA) is 40.5 Å². The van der Waals surface area contributed by atoms with E-state index < -0.39 is 0 Å². The van der Waals surface area contributed by atoms with Crippen LogP contribution in [0.3, 0.4) is 0 Å². The second-order valence-corrected chi connectivity index (χ2v) is 8.60. The molecular formula is C34H36O2. The van der Waals surface area contributed by atoms with Crippen molar-refractivity contribution in [2.45, 2.75) is 27.7 Å². The van der Waals surface area contributed by atoms with Gasteiger partial charge in [-0.1, -0.05) is 132 Å². The van der Waals surface area contributed by atoms with E-state index in [1.807, 2.05) is 86.7 Å². The van der Waals surface area contributed by atoms with Crippen molar-refractivity contribution in [1.29, 1.82) is 0 Å². The Morgan fingerprint density at radius 3 is 1.25 bits per heavy atom. The average Bonchev–Trinajstić information content (AvgIpc) is 2.84. The van der Waals surface area contributed by atoms with E-state index >= 15 is 0 Å². The summed E-state index contributed by atoms with van der Waals surface area (Å²) < 4.78 is 0. The summed E-state index contributed by atoms with van der Waals surface area (Å²) in [5.74, 6) is 0.547. The Morgan fingerprint density at radius 2 is 0.861 bits per heavy atom.